The number of aromatic nitrogens is 6. The number of carbonyl (C=O) groups excluding carboxylic acids is 2. The molecular weight excluding hydrogens is 436 g/mol. The van der Waals surface area contributed by atoms with Crippen LogP contribution in [0.15, 0.2) is 24.8 Å². The molecule has 178 valence electrons. The second-order valence-corrected chi connectivity index (χ2v) is 8.92. The van der Waals surface area contributed by atoms with Crippen molar-refractivity contribution in [3.8, 4) is 0 Å². The molecule has 1 saturated carbocycles. The van der Waals surface area contributed by atoms with E-state index in [0.717, 1.165) is 38.1 Å². The van der Waals surface area contributed by atoms with Crippen LogP contribution in [-0.2, 0) is 7.05 Å². The molecule has 12 heteroatoms. The summed E-state index contributed by atoms with van der Waals surface area (Å²) in [5.74, 6) is 1.35. The van der Waals surface area contributed by atoms with E-state index < -0.39 is 5.91 Å². The number of rotatable bonds is 7. The quantitative estimate of drug-likeness (QED) is 0.409. The monoisotopic (exact) mass is 464 g/mol. The van der Waals surface area contributed by atoms with Gasteiger partial charge in [-0.3, -0.25) is 14.3 Å². The number of imidazole rings is 1. The summed E-state index contributed by atoms with van der Waals surface area (Å²) < 4.78 is 1.64. The minimum absolute atomic E-state index is 0.0421. The van der Waals surface area contributed by atoms with Gasteiger partial charge in [0.05, 0.1) is 18.1 Å². The molecule has 1 aliphatic heterocycles. The Hall–Kier alpha value is -3.96. The molecule has 1 aliphatic carbocycles. The van der Waals surface area contributed by atoms with Crippen LogP contribution in [-0.4, -0.2) is 60.2 Å². The number of nitrogens with two attached hydrogens (primary N) is 1. The van der Waals surface area contributed by atoms with Crippen LogP contribution in [0.1, 0.15) is 65.3 Å². The maximum absolute atomic E-state index is 12.8. The van der Waals surface area contributed by atoms with Gasteiger partial charge in [0.2, 0.25) is 0 Å². The van der Waals surface area contributed by atoms with Gasteiger partial charge in [-0.15, -0.1) is 0 Å². The van der Waals surface area contributed by atoms with Crippen molar-refractivity contribution < 1.29 is 9.59 Å². The molecule has 0 radical (unpaired) electrons. The molecular formula is C22H28N10O2. The van der Waals surface area contributed by atoms with E-state index in [1.807, 2.05) is 6.92 Å². The number of nitrogens with one attached hydrogen (secondary N) is 3. The first kappa shape index (κ1) is 21.9. The third-order valence-corrected chi connectivity index (χ3v) is 6.35. The molecule has 3 aromatic rings. The summed E-state index contributed by atoms with van der Waals surface area (Å²) in [5, 5.41) is 10.3. The number of H-pyrrole nitrogens is 1. The minimum Gasteiger partial charge on any atom is -0.364 e. The van der Waals surface area contributed by atoms with E-state index in [1.54, 1.807) is 36.5 Å². The SMILES string of the molecule is C[C@@H]1[C@H](NC(=O)c2c[nH]c(C3CC3)n2)CCCN1c1cnc(C(N)=O)c(Nc2cnn(C)c2)n1. The Kier molecular flexibility index (Phi) is 5.64. The molecule has 3 aromatic heterocycles. The predicted molar refractivity (Wildman–Crippen MR) is 125 cm³/mol. The Bertz CT molecular complexity index is 1210. The number of anilines is 3. The molecule has 12 nitrogen and oxygen atoms in total. The normalized spacial score (nSPS) is 20.2. The number of hydrogen-bond acceptors (Lipinski definition) is 8. The lowest BCUT2D eigenvalue weighted by molar-refractivity contribution is 0.0918. The smallest absolute Gasteiger partial charge is 0.271 e. The first-order valence-electron chi connectivity index (χ1n) is 11.4. The topological polar surface area (TPSA) is 160 Å². The zero-order valence-electron chi connectivity index (χ0n) is 19.2. The summed E-state index contributed by atoms with van der Waals surface area (Å²) in [6.45, 7) is 2.79. The zero-order valence-corrected chi connectivity index (χ0v) is 19.2. The molecule has 0 aromatic carbocycles. The third kappa shape index (κ3) is 4.43. The lowest BCUT2D eigenvalue weighted by Crippen LogP contribution is -2.54. The zero-order chi connectivity index (χ0) is 23.8. The van der Waals surface area contributed by atoms with E-state index in [-0.39, 0.29) is 29.5 Å². The van der Waals surface area contributed by atoms with Gasteiger partial charge in [-0.1, -0.05) is 0 Å². The van der Waals surface area contributed by atoms with E-state index in [0.29, 0.717) is 23.1 Å². The lowest BCUT2D eigenvalue weighted by atomic mass is 9.97. The molecule has 2 aliphatic rings. The number of hydrogen-bond donors (Lipinski definition) is 4. The van der Waals surface area contributed by atoms with Gasteiger partial charge in [0, 0.05) is 44.0 Å². The molecule has 4 heterocycles. The molecule has 2 atom stereocenters. The van der Waals surface area contributed by atoms with Crippen molar-refractivity contribution in [3.63, 3.8) is 0 Å². The molecule has 1 saturated heterocycles. The largest absolute Gasteiger partial charge is 0.364 e. The first-order valence-corrected chi connectivity index (χ1v) is 11.4. The van der Waals surface area contributed by atoms with Crippen LogP contribution in [0.4, 0.5) is 17.3 Å². The van der Waals surface area contributed by atoms with Crippen molar-refractivity contribution in [2.45, 2.75) is 50.6 Å². The van der Waals surface area contributed by atoms with Crippen molar-refractivity contribution in [3.05, 3.63) is 42.0 Å². The van der Waals surface area contributed by atoms with Gasteiger partial charge in [0.1, 0.15) is 17.3 Å². The Balaban J connectivity index is 1.33. The van der Waals surface area contributed by atoms with Gasteiger partial charge < -0.3 is 26.3 Å². The number of amides is 2. The van der Waals surface area contributed by atoms with E-state index >= 15 is 0 Å². The summed E-state index contributed by atoms with van der Waals surface area (Å²) >= 11 is 0. The fourth-order valence-corrected chi connectivity index (χ4v) is 4.33. The maximum atomic E-state index is 12.8. The highest BCUT2D eigenvalue weighted by Crippen LogP contribution is 2.38. The van der Waals surface area contributed by atoms with Crippen molar-refractivity contribution in [1.29, 1.82) is 0 Å². The van der Waals surface area contributed by atoms with Crippen molar-refractivity contribution in [2.75, 3.05) is 16.8 Å². The third-order valence-electron chi connectivity index (χ3n) is 6.35. The highest BCUT2D eigenvalue weighted by Gasteiger charge is 2.32. The van der Waals surface area contributed by atoms with Crippen LogP contribution in [0.3, 0.4) is 0 Å². The van der Waals surface area contributed by atoms with Crippen LogP contribution < -0.4 is 21.3 Å². The summed E-state index contributed by atoms with van der Waals surface area (Å²) in [6.07, 6.45) is 10.6. The minimum atomic E-state index is -0.674. The van der Waals surface area contributed by atoms with Crippen LogP contribution in [0, 0.1) is 0 Å². The number of piperidine rings is 1. The molecule has 2 amide bonds. The van der Waals surface area contributed by atoms with Gasteiger partial charge in [-0.2, -0.15) is 5.10 Å². The number of carbonyl (C=O) groups is 2. The molecule has 0 unspecified atom stereocenters. The summed E-state index contributed by atoms with van der Waals surface area (Å²) in [4.78, 5) is 43.3. The Morgan fingerprint density at radius 3 is 2.74 bits per heavy atom. The van der Waals surface area contributed by atoms with Crippen molar-refractivity contribution in [2.24, 2.45) is 12.8 Å². The van der Waals surface area contributed by atoms with Crippen LogP contribution in [0.2, 0.25) is 0 Å². The first-order chi connectivity index (χ1) is 16.4. The summed E-state index contributed by atoms with van der Waals surface area (Å²) in [6, 6.07) is -0.130. The predicted octanol–water partition coefficient (Wildman–Crippen LogP) is 1.44. The van der Waals surface area contributed by atoms with Crippen molar-refractivity contribution in [1.82, 2.24) is 35.0 Å². The van der Waals surface area contributed by atoms with E-state index in [9.17, 15) is 9.59 Å². The van der Waals surface area contributed by atoms with Crippen LogP contribution in [0.25, 0.3) is 0 Å². The average molecular weight is 465 g/mol. The summed E-state index contributed by atoms with van der Waals surface area (Å²) in [7, 11) is 1.79. The van der Waals surface area contributed by atoms with E-state index in [2.05, 4.69) is 40.6 Å². The highest BCUT2D eigenvalue weighted by molar-refractivity contribution is 5.96. The average Bonchev–Trinajstić information content (AvgIpc) is 3.39. The van der Waals surface area contributed by atoms with E-state index in [1.165, 1.54) is 0 Å². The Morgan fingerprint density at radius 2 is 2.03 bits per heavy atom. The summed E-state index contributed by atoms with van der Waals surface area (Å²) in [5.41, 5.74) is 6.64. The molecule has 2 fully saturated rings. The number of aromatic amines is 1. The van der Waals surface area contributed by atoms with Gasteiger partial charge >= 0.3 is 0 Å². The second kappa shape index (κ2) is 8.76. The van der Waals surface area contributed by atoms with Gasteiger partial charge in [0.15, 0.2) is 11.5 Å². The Morgan fingerprint density at radius 1 is 1.21 bits per heavy atom. The number of primary amides is 1. The fraction of sp³-hybridized carbons (Fsp3) is 0.455. The van der Waals surface area contributed by atoms with E-state index in [4.69, 9.17) is 5.73 Å². The van der Waals surface area contributed by atoms with Gasteiger partial charge in [-0.25, -0.2) is 15.0 Å². The standard InChI is InChI=1S/C22H28N10O2/c1-12-15(29-22(34)16-9-25-20(28-16)13-5-6-13)4-3-7-32(12)17-10-24-18(19(23)33)21(30-17)27-14-8-26-31(2)11-14/h8-13,15H,3-7H2,1-2H3,(H2,23,33)(H,25,28)(H,27,30)(H,29,34)/t12-,15-/m1/s1. The molecule has 0 bridgehead atoms. The number of nitrogens with zero attached hydrogens (tertiary/aromatic N) is 6. The lowest BCUT2D eigenvalue weighted by Gasteiger charge is -2.40. The van der Waals surface area contributed by atoms with Gasteiger partial charge in [-0.05, 0) is 32.6 Å². The molecule has 0 spiro atoms. The van der Waals surface area contributed by atoms with Gasteiger partial charge in [0.25, 0.3) is 11.8 Å². The highest BCUT2D eigenvalue weighted by atomic mass is 16.2. The van der Waals surface area contributed by atoms with Crippen LogP contribution >= 0.6 is 0 Å². The Labute approximate surface area is 196 Å². The fourth-order valence-electron chi connectivity index (χ4n) is 4.33. The molecule has 34 heavy (non-hydrogen) atoms. The maximum Gasteiger partial charge on any atom is 0.271 e. The number of aryl methyl sites for hydroxylation is 1. The van der Waals surface area contributed by atoms with Crippen molar-refractivity contribution >= 4 is 29.1 Å². The molecule has 5 rings (SSSR count). The van der Waals surface area contributed by atoms with Crippen LogP contribution in [0.5, 0.6) is 0 Å². The second-order valence-electron chi connectivity index (χ2n) is 8.92. The molecule has 5 N–H and O–H groups in total.